The van der Waals surface area contributed by atoms with E-state index >= 15 is 0 Å². The van der Waals surface area contributed by atoms with E-state index < -0.39 is 0 Å². The van der Waals surface area contributed by atoms with Crippen LogP contribution in [0.4, 0.5) is 0 Å². The third-order valence-electron chi connectivity index (χ3n) is 5.33. The first-order chi connectivity index (χ1) is 9.45. The molecule has 1 N–H and O–H groups in total. The summed E-state index contributed by atoms with van der Waals surface area (Å²) in [6.45, 7) is 14.4. The van der Waals surface area contributed by atoms with Crippen LogP contribution >= 0.6 is 0 Å². The van der Waals surface area contributed by atoms with E-state index in [1.165, 1.54) is 51.6 Å². The molecule has 2 atom stereocenters. The smallest absolute Gasteiger partial charge is 0.0274 e. The van der Waals surface area contributed by atoms with Gasteiger partial charge in [0.05, 0.1) is 0 Å². The van der Waals surface area contributed by atoms with Crippen LogP contribution in [0.3, 0.4) is 0 Å². The Bertz CT molecular complexity index is 294. The fourth-order valence-electron chi connectivity index (χ4n) is 3.86. The van der Waals surface area contributed by atoms with Crippen molar-refractivity contribution in [1.29, 1.82) is 0 Å². The molecule has 0 heterocycles. The van der Waals surface area contributed by atoms with Gasteiger partial charge in [0.2, 0.25) is 0 Å². The summed E-state index contributed by atoms with van der Waals surface area (Å²) in [6, 6.07) is 2.37. The molecule has 0 saturated heterocycles. The van der Waals surface area contributed by atoms with Crippen molar-refractivity contribution >= 4 is 0 Å². The Labute approximate surface area is 126 Å². The van der Waals surface area contributed by atoms with Crippen LogP contribution in [0.25, 0.3) is 0 Å². The van der Waals surface area contributed by atoms with Crippen LogP contribution in [0, 0.1) is 11.3 Å². The van der Waals surface area contributed by atoms with Gasteiger partial charge in [0.1, 0.15) is 0 Å². The van der Waals surface area contributed by atoms with Gasteiger partial charge >= 0.3 is 0 Å². The monoisotopic (exact) mass is 280 g/mol. The Morgan fingerprint density at radius 1 is 1.20 bits per heavy atom. The fraction of sp³-hybridized carbons (Fsp3) is 1.00. The maximum absolute atomic E-state index is 3.88. The molecule has 2 aliphatic carbocycles. The number of rotatable bonds is 8. The van der Waals surface area contributed by atoms with Crippen LogP contribution in [0.2, 0.25) is 0 Å². The van der Waals surface area contributed by atoms with Gasteiger partial charge in [-0.15, -0.1) is 0 Å². The summed E-state index contributed by atoms with van der Waals surface area (Å²) in [5.41, 5.74) is 0.463. The van der Waals surface area contributed by atoms with Gasteiger partial charge in [0.15, 0.2) is 0 Å². The second-order valence-corrected chi connectivity index (χ2v) is 8.18. The van der Waals surface area contributed by atoms with Gasteiger partial charge in [-0.05, 0) is 62.9 Å². The summed E-state index contributed by atoms with van der Waals surface area (Å²) >= 11 is 0. The Morgan fingerprint density at radius 2 is 1.90 bits per heavy atom. The van der Waals surface area contributed by atoms with Crippen LogP contribution < -0.4 is 5.32 Å². The van der Waals surface area contributed by atoms with Crippen LogP contribution in [0.1, 0.15) is 73.1 Å². The molecule has 0 aromatic rings. The molecule has 2 saturated carbocycles. The van der Waals surface area contributed by atoms with Crippen molar-refractivity contribution in [3.8, 4) is 0 Å². The molecule has 20 heavy (non-hydrogen) atoms. The molecule has 0 radical (unpaired) electrons. The summed E-state index contributed by atoms with van der Waals surface area (Å²) in [6.07, 6.45) is 8.25. The van der Waals surface area contributed by atoms with Crippen LogP contribution in [0.15, 0.2) is 0 Å². The molecule has 0 spiro atoms. The van der Waals surface area contributed by atoms with Gasteiger partial charge in [0, 0.05) is 18.1 Å². The minimum Gasteiger partial charge on any atom is -0.312 e. The average Bonchev–Trinajstić information content (AvgIpc) is 3.14. The van der Waals surface area contributed by atoms with Crippen LogP contribution in [-0.4, -0.2) is 36.1 Å². The summed E-state index contributed by atoms with van der Waals surface area (Å²) < 4.78 is 0. The van der Waals surface area contributed by atoms with Crippen molar-refractivity contribution in [3.63, 3.8) is 0 Å². The first-order valence-electron chi connectivity index (χ1n) is 8.95. The lowest BCUT2D eigenvalue weighted by Crippen LogP contribution is -2.53. The molecule has 0 amide bonds. The summed E-state index contributed by atoms with van der Waals surface area (Å²) in [4.78, 5) is 2.88. The molecule has 2 unspecified atom stereocenters. The molecular formula is C18H36N2. The second-order valence-electron chi connectivity index (χ2n) is 8.18. The highest BCUT2D eigenvalue weighted by molar-refractivity contribution is 5.04. The highest BCUT2D eigenvalue weighted by Crippen LogP contribution is 2.43. The lowest BCUT2D eigenvalue weighted by Gasteiger charge is -2.38. The maximum atomic E-state index is 3.88. The van der Waals surface area contributed by atoms with Crippen LogP contribution in [-0.2, 0) is 0 Å². The highest BCUT2D eigenvalue weighted by Gasteiger charge is 2.46. The summed E-state index contributed by atoms with van der Waals surface area (Å²) in [5.74, 6) is 0.827. The third kappa shape index (κ3) is 3.98. The third-order valence-corrected chi connectivity index (χ3v) is 5.33. The quantitative estimate of drug-likeness (QED) is 0.721. The number of hydrogen-bond acceptors (Lipinski definition) is 2. The summed E-state index contributed by atoms with van der Waals surface area (Å²) in [7, 11) is 0. The maximum Gasteiger partial charge on any atom is 0.0274 e. The minimum atomic E-state index is 0.463. The SMILES string of the molecule is CCCNC1C(N(CCC(C)C)C2CC2)CCC1(C)C. The largest absolute Gasteiger partial charge is 0.312 e. The number of nitrogens with zero attached hydrogens (tertiary/aromatic N) is 1. The predicted molar refractivity (Wildman–Crippen MR) is 88.1 cm³/mol. The molecule has 0 aliphatic heterocycles. The normalized spacial score (nSPS) is 29.6. The zero-order valence-corrected chi connectivity index (χ0v) is 14.4. The Kier molecular flexibility index (Phi) is 5.53. The molecule has 118 valence electrons. The van der Waals surface area contributed by atoms with Gasteiger partial charge < -0.3 is 5.32 Å². The lowest BCUT2D eigenvalue weighted by molar-refractivity contribution is 0.130. The molecule has 2 aliphatic rings. The standard InChI is InChI=1S/C18H36N2/c1-6-12-19-17-16(9-11-18(17,4)5)20(15-7-8-15)13-10-14(2)3/h14-17,19H,6-13H2,1-5H3. The van der Waals surface area contributed by atoms with E-state index in [0.717, 1.165) is 18.0 Å². The Morgan fingerprint density at radius 3 is 2.45 bits per heavy atom. The molecular weight excluding hydrogens is 244 g/mol. The molecule has 2 fully saturated rings. The van der Waals surface area contributed by atoms with E-state index in [2.05, 4.69) is 44.8 Å². The zero-order chi connectivity index (χ0) is 14.8. The van der Waals surface area contributed by atoms with E-state index in [9.17, 15) is 0 Å². The van der Waals surface area contributed by atoms with E-state index in [1.54, 1.807) is 0 Å². The van der Waals surface area contributed by atoms with Gasteiger partial charge in [0.25, 0.3) is 0 Å². The van der Waals surface area contributed by atoms with Crippen molar-refractivity contribution in [1.82, 2.24) is 10.2 Å². The topological polar surface area (TPSA) is 15.3 Å². The van der Waals surface area contributed by atoms with Crippen molar-refractivity contribution in [2.75, 3.05) is 13.1 Å². The highest BCUT2D eigenvalue weighted by atomic mass is 15.2. The van der Waals surface area contributed by atoms with Gasteiger partial charge in [-0.2, -0.15) is 0 Å². The second kappa shape index (κ2) is 6.79. The number of nitrogens with one attached hydrogen (secondary N) is 1. The minimum absolute atomic E-state index is 0.463. The van der Waals surface area contributed by atoms with Crippen molar-refractivity contribution in [3.05, 3.63) is 0 Å². The van der Waals surface area contributed by atoms with Crippen LogP contribution in [0.5, 0.6) is 0 Å². The first kappa shape index (κ1) is 16.3. The molecule has 0 aromatic carbocycles. The molecule has 2 rings (SSSR count). The predicted octanol–water partition coefficient (Wildman–Crippen LogP) is 4.05. The summed E-state index contributed by atoms with van der Waals surface area (Å²) in [5, 5.41) is 3.88. The van der Waals surface area contributed by atoms with Gasteiger partial charge in [-0.3, -0.25) is 4.90 Å². The van der Waals surface area contributed by atoms with Crippen molar-refractivity contribution < 1.29 is 0 Å². The zero-order valence-electron chi connectivity index (χ0n) is 14.4. The molecule has 2 heteroatoms. The van der Waals surface area contributed by atoms with Crippen molar-refractivity contribution in [2.24, 2.45) is 11.3 Å². The van der Waals surface area contributed by atoms with Gasteiger partial charge in [-0.25, -0.2) is 0 Å². The van der Waals surface area contributed by atoms with Crippen molar-refractivity contribution in [2.45, 2.75) is 91.3 Å². The van der Waals surface area contributed by atoms with E-state index in [-0.39, 0.29) is 0 Å². The van der Waals surface area contributed by atoms with E-state index in [4.69, 9.17) is 0 Å². The molecule has 0 bridgehead atoms. The molecule has 2 nitrogen and oxygen atoms in total. The van der Waals surface area contributed by atoms with E-state index in [0.29, 0.717) is 11.5 Å². The Hall–Kier alpha value is -0.0800. The average molecular weight is 280 g/mol. The fourth-order valence-corrected chi connectivity index (χ4v) is 3.86. The van der Waals surface area contributed by atoms with Gasteiger partial charge in [-0.1, -0.05) is 34.6 Å². The van der Waals surface area contributed by atoms with E-state index in [1.807, 2.05) is 0 Å². The molecule has 0 aromatic heterocycles. The number of hydrogen-bond donors (Lipinski definition) is 1. The first-order valence-corrected chi connectivity index (χ1v) is 8.95. The Balaban J connectivity index is 2.02. The lowest BCUT2D eigenvalue weighted by atomic mass is 9.86.